The number of ether oxygens (including phenoxy) is 1. The average molecular weight is 351 g/mol. The first-order valence-corrected chi connectivity index (χ1v) is 7.46. The van der Waals surface area contributed by atoms with Crippen LogP contribution in [0.15, 0.2) is 18.2 Å². The summed E-state index contributed by atoms with van der Waals surface area (Å²) in [4.78, 5) is 13.9. The van der Waals surface area contributed by atoms with Gasteiger partial charge in [-0.25, -0.2) is 4.39 Å². The lowest BCUT2D eigenvalue weighted by Gasteiger charge is -2.33. The third-order valence-electron chi connectivity index (χ3n) is 3.88. The van der Waals surface area contributed by atoms with Crippen molar-refractivity contribution in [3.8, 4) is 5.75 Å². The maximum atomic E-state index is 12.9. The molecule has 1 amide bonds. The van der Waals surface area contributed by atoms with Crippen molar-refractivity contribution < 1.29 is 13.9 Å². The van der Waals surface area contributed by atoms with Crippen molar-refractivity contribution in [3.63, 3.8) is 0 Å². The molecule has 1 atom stereocenters. The van der Waals surface area contributed by atoms with E-state index in [0.717, 1.165) is 18.9 Å². The van der Waals surface area contributed by atoms with Gasteiger partial charge < -0.3 is 15.4 Å². The van der Waals surface area contributed by atoms with Crippen LogP contribution in [0.25, 0.3) is 0 Å². The predicted molar refractivity (Wildman–Crippen MR) is 87.1 cm³/mol. The van der Waals surface area contributed by atoms with Gasteiger partial charge in [-0.05, 0) is 43.9 Å². The first-order chi connectivity index (χ1) is 9.97. The van der Waals surface area contributed by atoms with Crippen LogP contribution in [-0.2, 0) is 4.79 Å². The molecule has 1 aromatic rings. The lowest BCUT2D eigenvalue weighted by molar-refractivity contribution is -0.134. The zero-order valence-corrected chi connectivity index (χ0v) is 14.0. The van der Waals surface area contributed by atoms with E-state index in [0.29, 0.717) is 24.8 Å². The molecule has 0 radical (unpaired) electrons. The van der Waals surface area contributed by atoms with Gasteiger partial charge in [0.05, 0.1) is 5.02 Å². The second-order valence-electron chi connectivity index (χ2n) is 5.44. The first kappa shape index (κ1) is 19.0. The number of likely N-dealkylation sites (tertiary alicyclic amines) is 1. The van der Waals surface area contributed by atoms with Crippen LogP contribution in [0, 0.1) is 11.7 Å². The third-order valence-corrected chi connectivity index (χ3v) is 4.18. The van der Waals surface area contributed by atoms with Crippen LogP contribution in [0.5, 0.6) is 5.75 Å². The Morgan fingerprint density at radius 3 is 2.68 bits per heavy atom. The summed E-state index contributed by atoms with van der Waals surface area (Å²) in [5, 5.41) is 0.165. The lowest BCUT2D eigenvalue weighted by Crippen LogP contribution is -2.44. The zero-order valence-electron chi connectivity index (χ0n) is 12.4. The highest BCUT2D eigenvalue weighted by Gasteiger charge is 2.25. The molecule has 1 heterocycles. The third kappa shape index (κ3) is 5.00. The molecule has 1 aromatic carbocycles. The number of nitrogens with zero attached hydrogens (tertiary/aromatic N) is 1. The van der Waals surface area contributed by atoms with Gasteiger partial charge in [0.1, 0.15) is 11.6 Å². The molecule has 0 saturated carbocycles. The topological polar surface area (TPSA) is 55.6 Å². The molecule has 1 aliphatic heterocycles. The van der Waals surface area contributed by atoms with Gasteiger partial charge in [0.15, 0.2) is 6.61 Å². The van der Waals surface area contributed by atoms with Gasteiger partial charge in [-0.1, -0.05) is 11.6 Å². The fourth-order valence-corrected chi connectivity index (χ4v) is 2.72. The minimum absolute atomic E-state index is 0. The quantitative estimate of drug-likeness (QED) is 0.908. The molecular formula is C15H21Cl2FN2O2. The minimum atomic E-state index is -0.434. The zero-order chi connectivity index (χ0) is 15.4. The van der Waals surface area contributed by atoms with Gasteiger partial charge in [0.2, 0.25) is 0 Å². The molecule has 0 spiro atoms. The second kappa shape index (κ2) is 8.56. The van der Waals surface area contributed by atoms with E-state index in [-0.39, 0.29) is 36.0 Å². The number of carbonyl (C=O) groups is 1. The van der Waals surface area contributed by atoms with Crippen molar-refractivity contribution in [3.05, 3.63) is 29.0 Å². The molecular weight excluding hydrogens is 330 g/mol. The SMILES string of the molecule is CC(N)C1CCN(C(=O)COc2ccc(F)cc2Cl)CC1.Cl. The molecule has 0 aromatic heterocycles. The highest BCUT2D eigenvalue weighted by molar-refractivity contribution is 6.32. The smallest absolute Gasteiger partial charge is 0.260 e. The molecule has 124 valence electrons. The fourth-order valence-electron chi connectivity index (χ4n) is 2.50. The molecule has 1 fully saturated rings. The van der Waals surface area contributed by atoms with Crippen molar-refractivity contribution in [2.75, 3.05) is 19.7 Å². The molecule has 1 saturated heterocycles. The van der Waals surface area contributed by atoms with E-state index in [1.54, 1.807) is 4.90 Å². The van der Waals surface area contributed by atoms with Gasteiger partial charge in [-0.2, -0.15) is 0 Å². The number of hydrogen-bond donors (Lipinski definition) is 1. The normalized spacial score (nSPS) is 16.8. The monoisotopic (exact) mass is 350 g/mol. The van der Waals surface area contributed by atoms with Crippen LogP contribution in [0.4, 0.5) is 4.39 Å². The van der Waals surface area contributed by atoms with Crippen molar-refractivity contribution in [2.24, 2.45) is 11.7 Å². The van der Waals surface area contributed by atoms with E-state index >= 15 is 0 Å². The molecule has 22 heavy (non-hydrogen) atoms. The summed E-state index contributed by atoms with van der Waals surface area (Å²) in [6, 6.07) is 4.00. The first-order valence-electron chi connectivity index (χ1n) is 7.08. The molecule has 0 bridgehead atoms. The fraction of sp³-hybridized carbons (Fsp3) is 0.533. The number of amides is 1. The highest BCUT2D eigenvalue weighted by atomic mass is 35.5. The van der Waals surface area contributed by atoms with E-state index in [2.05, 4.69) is 0 Å². The number of rotatable bonds is 4. The summed E-state index contributed by atoms with van der Waals surface area (Å²) < 4.78 is 18.3. The minimum Gasteiger partial charge on any atom is -0.482 e. The molecule has 0 aliphatic carbocycles. The summed E-state index contributed by atoms with van der Waals surface area (Å²) in [6.07, 6.45) is 1.83. The van der Waals surface area contributed by atoms with E-state index in [1.807, 2.05) is 6.92 Å². The average Bonchev–Trinajstić information content (AvgIpc) is 2.46. The predicted octanol–water partition coefficient (Wildman–Crippen LogP) is 2.87. The Kier molecular flexibility index (Phi) is 7.39. The Hall–Kier alpha value is -1.04. The van der Waals surface area contributed by atoms with Crippen molar-refractivity contribution in [1.82, 2.24) is 4.90 Å². The molecule has 4 nitrogen and oxygen atoms in total. The van der Waals surface area contributed by atoms with Gasteiger partial charge in [-0.15, -0.1) is 12.4 Å². The number of hydrogen-bond acceptors (Lipinski definition) is 3. The Morgan fingerprint density at radius 2 is 2.14 bits per heavy atom. The molecule has 2 rings (SSSR count). The van der Waals surface area contributed by atoms with E-state index in [4.69, 9.17) is 22.1 Å². The van der Waals surface area contributed by atoms with Crippen LogP contribution in [0.1, 0.15) is 19.8 Å². The standard InChI is InChI=1S/C15H20ClFN2O2.ClH/c1-10(18)11-4-6-19(7-5-11)15(20)9-21-14-3-2-12(17)8-13(14)16;/h2-3,8,10-11H,4-7,9,18H2,1H3;1H. The van der Waals surface area contributed by atoms with Crippen LogP contribution in [-0.4, -0.2) is 36.5 Å². The number of carbonyl (C=O) groups excluding carboxylic acids is 1. The van der Waals surface area contributed by atoms with Crippen molar-refractivity contribution in [2.45, 2.75) is 25.8 Å². The van der Waals surface area contributed by atoms with Gasteiger partial charge in [-0.3, -0.25) is 4.79 Å². The molecule has 1 aliphatic rings. The van der Waals surface area contributed by atoms with E-state index in [9.17, 15) is 9.18 Å². The number of benzene rings is 1. The Labute approximate surface area is 141 Å². The number of piperidine rings is 1. The van der Waals surface area contributed by atoms with E-state index in [1.165, 1.54) is 12.1 Å². The Morgan fingerprint density at radius 1 is 1.50 bits per heavy atom. The van der Waals surface area contributed by atoms with Gasteiger partial charge in [0, 0.05) is 19.1 Å². The summed E-state index contributed by atoms with van der Waals surface area (Å²) in [7, 11) is 0. The molecule has 2 N–H and O–H groups in total. The van der Waals surface area contributed by atoms with Crippen LogP contribution < -0.4 is 10.5 Å². The molecule has 7 heteroatoms. The largest absolute Gasteiger partial charge is 0.482 e. The summed E-state index contributed by atoms with van der Waals surface area (Å²) in [6.45, 7) is 3.31. The lowest BCUT2D eigenvalue weighted by atomic mass is 9.91. The van der Waals surface area contributed by atoms with Crippen molar-refractivity contribution >= 4 is 29.9 Å². The van der Waals surface area contributed by atoms with Crippen molar-refractivity contribution in [1.29, 1.82) is 0 Å². The summed E-state index contributed by atoms with van der Waals surface area (Å²) in [5.74, 6) is 0.272. The van der Waals surface area contributed by atoms with Crippen LogP contribution >= 0.6 is 24.0 Å². The van der Waals surface area contributed by atoms with Crippen LogP contribution in [0.2, 0.25) is 5.02 Å². The summed E-state index contributed by atoms with van der Waals surface area (Å²) in [5.41, 5.74) is 5.88. The molecule has 1 unspecified atom stereocenters. The number of halogens is 3. The van der Waals surface area contributed by atoms with Gasteiger partial charge >= 0.3 is 0 Å². The second-order valence-corrected chi connectivity index (χ2v) is 5.85. The van der Waals surface area contributed by atoms with Gasteiger partial charge in [0.25, 0.3) is 5.91 Å². The summed E-state index contributed by atoms with van der Waals surface area (Å²) >= 11 is 5.85. The maximum Gasteiger partial charge on any atom is 0.260 e. The Balaban J connectivity index is 0.00000242. The van der Waals surface area contributed by atoms with Crippen LogP contribution in [0.3, 0.4) is 0 Å². The number of nitrogens with two attached hydrogens (primary N) is 1. The highest BCUT2D eigenvalue weighted by Crippen LogP contribution is 2.25. The Bertz CT molecular complexity index is 506. The maximum absolute atomic E-state index is 12.9. The van der Waals surface area contributed by atoms with E-state index < -0.39 is 5.82 Å².